The maximum absolute atomic E-state index is 7.92. The average molecular weight is 111 g/mol. The lowest BCUT2D eigenvalue weighted by atomic mass is 10.9. The summed E-state index contributed by atoms with van der Waals surface area (Å²) < 4.78 is 0. The monoisotopic (exact) mass is 111 g/mol. The Bertz CT molecular complexity index is 12.4. The standard InChI is InChI=1S/C2H6OS.H2S/c1-2(3)4;/h2-4H,1H3;1H2/p-1. The van der Waals surface area contributed by atoms with Crippen molar-refractivity contribution in [2.24, 2.45) is 0 Å². The molecule has 0 rings (SSSR count). The molecule has 0 spiro atoms. The van der Waals surface area contributed by atoms with E-state index in [1.807, 2.05) is 0 Å². The third-order valence-corrected chi connectivity index (χ3v) is 0. The first kappa shape index (κ1) is 9.18. The van der Waals surface area contributed by atoms with Gasteiger partial charge in [-0.05, 0) is 6.92 Å². The molecule has 0 fully saturated rings. The summed E-state index contributed by atoms with van der Waals surface area (Å²) in [6.45, 7) is 1.59. The minimum absolute atomic E-state index is 0. The smallest absolute Gasteiger partial charge is 0.0936 e. The molecule has 1 atom stereocenters. The van der Waals surface area contributed by atoms with Crippen LogP contribution in [0.3, 0.4) is 0 Å². The molecule has 0 saturated heterocycles. The molecule has 3 heteroatoms. The van der Waals surface area contributed by atoms with Crippen LogP contribution in [0.25, 0.3) is 0 Å². The molecule has 1 unspecified atom stereocenters. The summed E-state index contributed by atoms with van der Waals surface area (Å²) in [7, 11) is 0. The first-order chi connectivity index (χ1) is 1.73. The Morgan fingerprint density at radius 3 is 1.80 bits per heavy atom. The van der Waals surface area contributed by atoms with Crippen molar-refractivity contribution in [3.8, 4) is 0 Å². The quantitative estimate of drug-likeness (QED) is 0.260. The molecule has 0 aromatic heterocycles. The van der Waals surface area contributed by atoms with Crippen molar-refractivity contribution in [2.75, 3.05) is 0 Å². The van der Waals surface area contributed by atoms with Crippen LogP contribution in [0.2, 0.25) is 0 Å². The van der Waals surface area contributed by atoms with Crippen LogP contribution in [0.4, 0.5) is 0 Å². The van der Waals surface area contributed by atoms with Crippen molar-refractivity contribution in [1.82, 2.24) is 0 Å². The largest absolute Gasteiger partial charge is 0.813 e. The van der Waals surface area contributed by atoms with Gasteiger partial charge in [-0.25, -0.2) is 0 Å². The van der Waals surface area contributed by atoms with E-state index in [0.717, 1.165) is 0 Å². The summed E-state index contributed by atoms with van der Waals surface area (Å²) in [5.74, 6) is 0. The molecule has 34 valence electrons. The Balaban J connectivity index is 0. The van der Waals surface area contributed by atoms with Crippen molar-refractivity contribution in [3.05, 3.63) is 0 Å². The Labute approximate surface area is 44.2 Å². The Morgan fingerprint density at radius 1 is 1.80 bits per heavy atom. The summed E-state index contributed by atoms with van der Waals surface area (Å²) in [5, 5.41) is 7.92. The van der Waals surface area contributed by atoms with Crippen LogP contribution < -0.4 is 0 Å². The van der Waals surface area contributed by atoms with Crippen molar-refractivity contribution in [3.63, 3.8) is 0 Å². The molecule has 0 heterocycles. The number of aliphatic hydroxyl groups excluding tert-OH is 1. The molecule has 0 aliphatic carbocycles. The number of hydrogen-bond acceptors (Lipinski definition) is 3. The van der Waals surface area contributed by atoms with Gasteiger partial charge in [0.05, 0.1) is 5.44 Å². The van der Waals surface area contributed by atoms with Crippen molar-refractivity contribution < 1.29 is 5.11 Å². The van der Waals surface area contributed by atoms with E-state index >= 15 is 0 Å². The second-order valence-corrected chi connectivity index (χ2v) is 1.38. The molecule has 0 radical (unpaired) electrons. The van der Waals surface area contributed by atoms with E-state index in [4.69, 9.17) is 5.11 Å². The highest BCUT2D eigenvalue weighted by atomic mass is 32.1. The van der Waals surface area contributed by atoms with Crippen LogP contribution >= 0.6 is 12.6 Å². The second-order valence-electron chi connectivity index (χ2n) is 0.632. The van der Waals surface area contributed by atoms with Gasteiger partial charge >= 0.3 is 0 Å². The highest BCUT2D eigenvalue weighted by molar-refractivity contribution is 7.80. The van der Waals surface area contributed by atoms with Gasteiger partial charge in [-0.2, -0.15) is 0 Å². The van der Waals surface area contributed by atoms with E-state index < -0.39 is 5.44 Å². The van der Waals surface area contributed by atoms with Gasteiger partial charge in [-0.3, -0.25) is 0 Å². The van der Waals surface area contributed by atoms with Crippen LogP contribution in [-0.2, 0) is 13.5 Å². The predicted octanol–water partition coefficient (Wildman–Crippen LogP) is -0.0156. The summed E-state index contributed by atoms with van der Waals surface area (Å²) in [6, 6.07) is 0. The van der Waals surface area contributed by atoms with E-state index in [9.17, 15) is 0 Å². The fourth-order valence-electron chi connectivity index (χ4n) is 0. The molecule has 1 N–H and O–H groups in total. The third-order valence-electron chi connectivity index (χ3n) is 0. The van der Waals surface area contributed by atoms with Crippen LogP contribution in [0.5, 0.6) is 0 Å². The van der Waals surface area contributed by atoms with Gasteiger partial charge in [0, 0.05) is 0 Å². The van der Waals surface area contributed by atoms with E-state index in [-0.39, 0.29) is 13.5 Å². The van der Waals surface area contributed by atoms with Crippen LogP contribution in [0.1, 0.15) is 6.92 Å². The normalized spacial score (nSPS) is 12.6. The Hall–Kier alpha value is 0.660. The van der Waals surface area contributed by atoms with E-state index in [2.05, 4.69) is 12.6 Å². The van der Waals surface area contributed by atoms with E-state index in [1.165, 1.54) is 0 Å². The average Bonchev–Trinajstić information content (AvgIpc) is 0.811. The van der Waals surface area contributed by atoms with Crippen LogP contribution in [-0.4, -0.2) is 10.5 Å². The minimum atomic E-state index is -0.472. The first-order valence-electron chi connectivity index (χ1n) is 1.09. The zero-order valence-electron chi connectivity index (χ0n) is 2.92. The number of rotatable bonds is 0. The summed E-state index contributed by atoms with van der Waals surface area (Å²) in [4.78, 5) is 0. The maximum atomic E-state index is 7.92. The molecule has 5 heavy (non-hydrogen) atoms. The Morgan fingerprint density at radius 2 is 1.80 bits per heavy atom. The van der Waals surface area contributed by atoms with Crippen LogP contribution in [0.15, 0.2) is 0 Å². The fourth-order valence-corrected chi connectivity index (χ4v) is 0. The maximum Gasteiger partial charge on any atom is 0.0936 e. The van der Waals surface area contributed by atoms with Gasteiger partial charge in [0.2, 0.25) is 0 Å². The van der Waals surface area contributed by atoms with Crippen LogP contribution in [0, 0.1) is 0 Å². The number of aliphatic hydroxyl groups is 1. The molecule has 0 aliphatic heterocycles. The fraction of sp³-hybridized carbons (Fsp3) is 1.00. The van der Waals surface area contributed by atoms with Gasteiger partial charge in [-0.15, -0.1) is 12.6 Å². The lowest BCUT2D eigenvalue weighted by molar-refractivity contribution is 0.286. The van der Waals surface area contributed by atoms with E-state index in [1.54, 1.807) is 6.92 Å². The lowest BCUT2D eigenvalue weighted by Crippen LogP contribution is -1.79. The minimum Gasteiger partial charge on any atom is -0.813 e. The first-order valence-corrected chi connectivity index (χ1v) is 1.61. The lowest BCUT2D eigenvalue weighted by Gasteiger charge is -1.79. The van der Waals surface area contributed by atoms with Gasteiger partial charge in [0.25, 0.3) is 0 Å². The second kappa shape index (κ2) is 4.66. The zero-order chi connectivity index (χ0) is 3.58. The third kappa shape index (κ3) is 75.7. The topological polar surface area (TPSA) is 20.2 Å². The Kier molecular flexibility index (Phi) is 8.55. The highest BCUT2D eigenvalue weighted by Gasteiger charge is 1.70. The predicted molar refractivity (Wildman–Crippen MR) is 29.4 cm³/mol. The van der Waals surface area contributed by atoms with Gasteiger partial charge in [-0.1, -0.05) is 0 Å². The molecule has 0 aliphatic rings. The molecule has 0 amide bonds. The summed E-state index contributed by atoms with van der Waals surface area (Å²) in [6.07, 6.45) is 0. The number of hydrogen-bond donors (Lipinski definition) is 2. The SMILES string of the molecule is CC(O)S.[SH-]. The zero-order valence-corrected chi connectivity index (χ0v) is 4.71. The van der Waals surface area contributed by atoms with E-state index in [0.29, 0.717) is 0 Å². The van der Waals surface area contributed by atoms with Gasteiger partial charge < -0.3 is 18.6 Å². The summed E-state index contributed by atoms with van der Waals surface area (Å²) in [5.41, 5.74) is -0.472. The molecular formula is C2H7OS2-. The molecule has 0 aromatic carbocycles. The molecule has 0 bridgehead atoms. The summed E-state index contributed by atoms with van der Waals surface area (Å²) >= 11 is 3.52. The van der Waals surface area contributed by atoms with Crippen molar-refractivity contribution in [1.29, 1.82) is 0 Å². The molecule has 1 nitrogen and oxygen atoms in total. The molecule has 0 aromatic rings. The van der Waals surface area contributed by atoms with Crippen molar-refractivity contribution in [2.45, 2.75) is 12.4 Å². The van der Waals surface area contributed by atoms with Gasteiger partial charge in [0.15, 0.2) is 0 Å². The highest BCUT2D eigenvalue weighted by Crippen LogP contribution is 1.78. The van der Waals surface area contributed by atoms with Gasteiger partial charge in [0.1, 0.15) is 0 Å². The molecular weight excluding hydrogens is 104 g/mol. The molecule has 0 saturated carbocycles. The number of thiol groups is 2. The van der Waals surface area contributed by atoms with Crippen molar-refractivity contribution >= 4 is 26.1 Å².